The molecule has 1 saturated heterocycles. The van der Waals surface area contributed by atoms with Crippen LogP contribution >= 0.6 is 0 Å². The molecule has 0 aliphatic carbocycles. The SMILES string of the molecule is CCc1ccc(/C(O)=C2/C(=O)C(=O)N(c3ccc(C(C)C)cc3)C2c2ccco2)cc1. The van der Waals surface area contributed by atoms with Gasteiger partial charge in [-0.3, -0.25) is 14.5 Å². The Balaban J connectivity index is 1.85. The van der Waals surface area contributed by atoms with E-state index in [0.29, 0.717) is 22.9 Å². The maximum absolute atomic E-state index is 13.1. The molecule has 1 atom stereocenters. The molecular weight excluding hydrogens is 390 g/mol. The Labute approximate surface area is 181 Å². The molecule has 0 spiro atoms. The number of hydrogen-bond donors (Lipinski definition) is 1. The first kappa shape index (κ1) is 20.7. The van der Waals surface area contributed by atoms with E-state index >= 15 is 0 Å². The number of nitrogens with zero attached hydrogens (tertiary/aromatic N) is 1. The molecule has 158 valence electrons. The second-order valence-electron chi connectivity index (χ2n) is 7.98. The fourth-order valence-corrected chi connectivity index (χ4v) is 3.89. The van der Waals surface area contributed by atoms with Gasteiger partial charge in [-0.25, -0.2) is 0 Å². The number of benzene rings is 2. The maximum atomic E-state index is 13.1. The minimum Gasteiger partial charge on any atom is -0.507 e. The van der Waals surface area contributed by atoms with Crippen molar-refractivity contribution in [2.75, 3.05) is 4.90 Å². The molecule has 1 amide bonds. The molecule has 31 heavy (non-hydrogen) atoms. The second kappa shape index (κ2) is 8.26. The van der Waals surface area contributed by atoms with Crippen molar-refractivity contribution >= 4 is 23.1 Å². The van der Waals surface area contributed by atoms with E-state index in [0.717, 1.165) is 17.5 Å². The number of aryl methyl sites for hydroxylation is 1. The van der Waals surface area contributed by atoms with Gasteiger partial charge in [-0.2, -0.15) is 0 Å². The summed E-state index contributed by atoms with van der Waals surface area (Å²) in [6.45, 7) is 6.23. The average Bonchev–Trinajstić information content (AvgIpc) is 3.40. The Morgan fingerprint density at radius 2 is 1.71 bits per heavy atom. The lowest BCUT2D eigenvalue weighted by atomic mass is 9.98. The molecule has 1 aromatic heterocycles. The fourth-order valence-electron chi connectivity index (χ4n) is 3.89. The van der Waals surface area contributed by atoms with E-state index in [-0.39, 0.29) is 11.3 Å². The number of aliphatic hydroxyl groups is 1. The standard InChI is InChI=1S/C26H25NO4/c1-4-17-7-9-19(10-8-17)24(28)22-23(21-6-5-15-31-21)27(26(30)25(22)29)20-13-11-18(12-14-20)16(2)3/h5-16,23,28H,4H2,1-3H3/b24-22-. The zero-order chi connectivity index (χ0) is 22.1. The van der Waals surface area contributed by atoms with Gasteiger partial charge in [-0.05, 0) is 47.7 Å². The second-order valence-corrected chi connectivity index (χ2v) is 7.98. The molecule has 4 rings (SSSR count). The van der Waals surface area contributed by atoms with Crippen LogP contribution in [0.25, 0.3) is 5.76 Å². The van der Waals surface area contributed by atoms with Crippen molar-refractivity contribution in [3.8, 4) is 0 Å². The first-order chi connectivity index (χ1) is 14.9. The van der Waals surface area contributed by atoms with Crippen LogP contribution in [-0.4, -0.2) is 16.8 Å². The number of carbonyl (C=O) groups excluding carboxylic acids is 2. The Hall–Kier alpha value is -3.60. The zero-order valence-electron chi connectivity index (χ0n) is 17.8. The van der Waals surface area contributed by atoms with Gasteiger partial charge >= 0.3 is 0 Å². The Morgan fingerprint density at radius 1 is 1.03 bits per heavy atom. The molecule has 1 unspecified atom stereocenters. The molecule has 2 aromatic carbocycles. The van der Waals surface area contributed by atoms with Crippen molar-refractivity contribution in [2.24, 2.45) is 0 Å². The van der Waals surface area contributed by atoms with Crippen molar-refractivity contribution in [3.63, 3.8) is 0 Å². The van der Waals surface area contributed by atoms with E-state index in [1.165, 1.54) is 11.2 Å². The van der Waals surface area contributed by atoms with Gasteiger partial charge in [0.15, 0.2) is 0 Å². The van der Waals surface area contributed by atoms with Crippen molar-refractivity contribution < 1.29 is 19.1 Å². The predicted molar refractivity (Wildman–Crippen MR) is 120 cm³/mol. The number of ketones is 1. The minimum atomic E-state index is -0.842. The molecule has 0 bridgehead atoms. The number of Topliss-reactive ketones (excluding diaryl/α,β-unsaturated/α-hetero) is 1. The molecule has 3 aromatic rings. The van der Waals surface area contributed by atoms with Crippen LogP contribution in [0.2, 0.25) is 0 Å². The molecule has 2 heterocycles. The van der Waals surface area contributed by atoms with Crippen LogP contribution in [0.15, 0.2) is 76.9 Å². The van der Waals surface area contributed by atoms with E-state index in [2.05, 4.69) is 13.8 Å². The maximum Gasteiger partial charge on any atom is 0.300 e. The van der Waals surface area contributed by atoms with Gasteiger partial charge < -0.3 is 9.52 Å². The van der Waals surface area contributed by atoms with Crippen molar-refractivity contribution in [1.82, 2.24) is 0 Å². The molecule has 0 saturated carbocycles. The van der Waals surface area contributed by atoms with Crippen LogP contribution in [0.3, 0.4) is 0 Å². The fraction of sp³-hybridized carbons (Fsp3) is 0.231. The summed E-state index contributed by atoms with van der Waals surface area (Å²) in [6.07, 6.45) is 2.36. The lowest BCUT2D eigenvalue weighted by molar-refractivity contribution is -0.132. The van der Waals surface area contributed by atoms with E-state index in [1.54, 1.807) is 24.3 Å². The van der Waals surface area contributed by atoms with Crippen molar-refractivity contribution in [2.45, 2.75) is 39.2 Å². The van der Waals surface area contributed by atoms with E-state index in [1.807, 2.05) is 43.3 Å². The van der Waals surface area contributed by atoms with Crippen LogP contribution < -0.4 is 4.90 Å². The molecular formula is C26H25NO4. The summed E-state index contributed by atoms with van der Waals surface area (Å²) in [6, 6.07) is 17.4. The quantitative estimate of drug-likeness (QED) is 0.335. The third kappa shape index (κ3) is 3.67. The highest BCUT2D eigenvalue weighted by molar-refractivity contribution is 6.51. The topological polar surface area (TPSA) is 70.8 Å². The third-order valence-corrected chi connectivity index (χ3v) is 5.73. The van der Waals surface area contributed by atoms with Crippen LogP contribution in [0, 0.1) is 0 Å². The van der Waals surface area contributed by atoms with E-state index < -0.39 is 17.7 Å². The van der Waals surface area contributed by atoms with Crippen LogP contribution in [0.5, 0.6) is 0 Å². The predicted octanol–water partition coefficient (Wildman–Crippen LogP) is 5.59. The highest BCUT2D eigenvalue weighted by Gasteiger charge is 2.48. The number of anilines is 1. The summed E-state index contributed by atoms with van der Waals surface area (Å²) in [5.41, 5.74) is 3.34. The Morgan fingerprint density at radius 3 is 2.26 bits per heavy atom. The van der Waals surface area contributed by atoms with Crippen LogP contribution in [0.4, 0.5) is 5.69 Å². The monoisotopic (exact) mass is 415 g/mol. The zero-order valence-corrected chi connectivity index (χ0v) is 17.8. The number of hydrogen-bond acceptors (Lipinski definition) is 4. The van der Waals surface area contributed by atoms with Crippen LogP contribution in [-0.2, 0) is 16.0 Å². The third-order valence-electron chi connectivity index (χ3n) is 5.73. The summed E-state index contributed by atoms with van der Waals surface area (Å²) in [4.78, 5) is 27.5. The number of carbonyl (C=O) groups is 2. The van der Waals surface area contributed by atoms with Crippen LogP contribution in [0.1, 0.15) is 55.2 Å². The first-order valence-electron chi connectivity index (χ1n) is 10.5. The largest absolute Gasteiger partial charge is 0.507 e. The summed E-state index contributed by atoms with van der Waals surface area (Å²) in [5.74, 6) is -0.865. The van der Waals surface area contributed by atoms with Crippen molar-refractivity contribution in [3.05, 3.63) is 95.0 Å². The van der Waals surface area contributed by atoms with Gasteiger partial charge in [-0.1, -0.05) is 57.2 Å². The van der Waals surface area contributed by atoms with Gasteiger partial charge in [0.05, 0.1) is 11.8 Å². The lowest BCUT2D eigenvalue weighted by Crippen LogP contribution is -2.29. The van der Waals surface area contributed by atoms with Gasteiger partial charge in [-0.15, -0.1) is 0 Å². The van der Waals surface area contributed by atoms with Gasteiger partial charge in [0.1, 0.15) is 17.6 Å². The normalized spacial score (nSPS) is 18.2. The summed E-state index contributed by atoms with van der Waals surface area (Å²) in [7, 11) is 0. The lowest BCUT2D eigenvalue weighted by Gasteiger charge is -2.23. The molecule has 1 aliphatic heterocycles. The molecule has 1 aliphatic rings. The summed E-state index contributed by atoms with van der Waals surface area (Å²) >= 11 is 0. The molecule has 5 nitrogen and oxygen atoms in total. The summed E-state index contributed by atoms with van der Waals surface area (Å²) in [5, 5.41) is 11.1. The first-order valence-corrected chi connectivity index (χ1v) is 10.5. The molecule has 5 heteroatoms. The Kier molecular flexibility index (Phi) is 5.51. The minimum absolute atomic E-state index is 0.0251. The number of furan rings is 1. The van der Waals surface area contributed by atoms with Gasteiger partial charge in [0.2, 0.25) is 0 Å². The Bertz CT molecular complexity index is 1120. The van der Waals surface area contributed by atoms with Gasteiger partial charge in [0.25, 0.3) is 11.7 Å². The summed E-state index contributed by atoms with van der Waals surface area (Å²) < 4.78 is 5.59. The van der Waals surface area contributed by atoms with E-state index in [4.69, 9.17) is 4.42 Å². The molecule has 1 N–H and O–H groups in total. The molecule has 0 radical (unpaired) electrons. The smallest absolute Gasteiger partial charge is 0.300 e. The number of rotatable bonds is 5. The number of aliphatic hydroxyl groups excluding tert-OH is 1. The highest BCUT2D eigenvalue weighted by Crippen LogP contribution is 2.42. The van der Waals surface area contributed by atoms with Gasteiger partial charge in [0, 0.05) is 11.3 Å². The van der Waals surface area contributed by atoms with E-state index in [9.17, 15) is 14.7 Å². The van der Waals surface area contributed by atoms with Crippen molar-refractivity contribution in [1.29, 1.82) is 0 Å². The number of amides is 1. The average molecular weight is 415 g/mol. The molecule has 1 fully saturated rings. The highest BCUT2D eigenvalue weighted by atomic mass is 16.3.